The van der Waals surface area contributed by atoms with Crippen LogP contribution in [0.5, 0.6) is 5.75 Å². The fraction of sp³-hybridized carbons (Fsp3) is 0.348. The average molecular weight is 509 g/mol. The zero-order valence-electron chi connectivity index (χ0n) is 18.5. The molecule has 7 nitrogen and oxygen atoms in total. The molecule has 0 radical (unpaired) electrons. The van der Waals surface area contributed by atoms with Crippen LogP contribution in [0.15, 0.2) is 36.4 Å². The molecule has 0 aromatic heterocycles. The number of amides is 1. The Kier molecular flexibility index (Phi) is 6.21. The molecule has 4 rings (SSSR count). The van der Waals surface area contributed by atoms with Crippen LogP contribution in [0, 0.1) is 17.1 Å². The minimum Gasteiger partial charge on any atom is -0.482 e. The van der Waals surface area contributed by atoms with E-state index in [0.29, 0.717) is 6.07 Å². The van der Waals surface area contributed by atoms with E-state index in [1.54, 1.807) is 0 Å². The standard InChI is InChI=1S/C23H19F4N3O4S/c1-22(2)20(32)29(13-4-3-12(9-28)15(7-13)23(25,26)27)21(35)30(22)14-5-6-18(16(24)8-14)34-19-11-33-10-17(19)31/h3-8,17,19,31H,10-11H2,1-2H3/t17-,19?/m1/s1. The van der Waals surface area contributed by atoms with Crippen molar-refractivity contribution >= 4 is 34.6 Å². The van der Waals surface area contributed by atoms with Gasteiger partial charge < -0.3 is 19.5 Å². The fourth-order valence-corrected chi connectivity index (χ4v) is 4.50. The Balaban J connectivity index is 1.68. The number of hydrogen-bond donors (Lipinski definition) is 1. The molecule has 184 valence electrons. The van der Waals surface area contributed by atoms with Crippen LogP contribution in [0.1, 0.15) is 25.0 Å². The lowest BCUT2D eigenvalue weighted by atomic mass is 10.0. The number of carbonyl (C=O) groups excluding carboxylic acids is 1. The fourth-order valence-electron chi connectivity index (χ4n) is 3.98. The van der Waals surface area contributed by atoms with Crippen molar-refractivity contribution in [3.8, 4) is 11.8 Å². The van der Waals surface area contributed by atoms with Crippen LogP contribution in [0.25, 0.3) is 0 Å². The van der Waals surface area contributed by atoms with E-state index in [1.807, 2.05) is 0 Å². The molecule has 0 aliphatic carbocycles. The van der Waals surface area contributed by atoms with Crippen molar-refractivity contribution < 1.29 is 36.9 Å². The van der Waals surface area contributed by atoms with E-state index >= 15 is 0 Å². The van der Waals surface area contributed by atoms with Crippen LogP contribution in [-0.4, -0.2) is 47.1 Å². The highest BCUT2D eigenvalue weighted by atomic mass is 32.1. The SMILES string of the molecule is CC1(C)C(=O)N(c2ccc(C#N)c(C(F)(F)F)c2)C(=S)N1c1ccc(OC2COC[C@H]2O)c(F)c1. The van der Waals surface area contributed by atoms with Gasteiger partial charge in [0.25, 0.3) is 5.91 Å². The van der Waals surface area contributed by atoms with Crippen LogP contribution < -0.4 is 14.5 Å². The summed E-state index contributed by atoms with van der Waals surface area (Å²) in [5.74, 6) is -1.56. The Hall–Kier alpha value is -3.27. The number of carbonyl (C=O) groups is 1. The molecule has 2 heterocycles. The van der Waals surface area contributed by atoms with Crippen LogP contribution in [0.4, 0.5) is 28.9 Å². The van der Waals surface area contributed by atoms with Gasteiger partial charge in [-0.3, -0.25) is 9.69 Å². The summed E-state index contributed by atoms with van der Waals surface area (Å²) in [5.41, 5.74) is -3.15. The first-order valence-electron chi connectivity index (χ1n) is 10.4. The molecule has 2 fully saturated rings. The minimum atomic E-state index is -4.82. The van der Waals surface area contributed by atoms with E-state index in [2.05, 4.69) is 0 Å². The number of ether oxygens (including phenoxy) is 2. The molecule has 2 aromatic carbocycles. The summed E-state index contributed by atoms with van der Waals surface area (Å²) in [6.07, 6.45) is -6.47. The molecule has 0 bridgehead atoms. The van der Waals surface area contributed by atoms with Crippen molar-refractivity contribution in [2.24, 2.45) is 0 Å². The first kappa shape index (κ1) is 24.8. The highest BCUT2D eigenvalue weighted by Gasteiger charge is 2.51. The van der Waals surface area contributed by atoms with E-state index in [1.165, 1.54) is 43.0 Å². The zero-order chi connectivity index (χ0) is 25.7. The van der Waals surface area contributed by atoms with E-state index < -0.39 is 46.8 Å². The van der Waals surface area contributed by atoms with Crippen LogP contribution in [0.3, 0.4) is 0 Å². The second-order valence-corrected chi connectivity index (χ2v) is 8.90. The van der Waals surface area contributed by atoms with Gasteiger partial charge in [-0.1, -0.05) is 0 Å². The third-order valence-electron chi connectivity index (χ3n) is 5.81. The topological polar surface area (TPSA) is 86.0 Å². The smallest absolute Gasteiger partial charge is 0.417 e. The molecule has 12 heteroatoms. The summed E-state index contributed by atoms with van der Waals surface area (Å²) in [7, 11) is 0. The third-order valence-corrected chi connectivity index (χ3v) is 6.17. The van der Waals surface area contributed by atoms with Gasteiger partial charge in [-0.2, -0.15) is 18.4 Å². The first-order valence-corrected chi connectivity index (χ1v) is 10.8. The van der Waals surface area contributed by atoms with Gasteiger partial charge in [0.05, 0.1) is 36.1 Å². The number of hydrogen-bond acceptors (Lipinski definition) is 6. The summed E-state index contributed by atoms with van der Waals surface area (Å²) in [6, 6.07) is 8.19. The Morgan fingerprint density at radius 3 is 2.46 bits per heavy atom. The third kappa shape index (κ3) is 4.31. The van der Waals surface area contributed by atoms with Gasteiger partial charge in [0.2, 0.25) is 0 Å². The van der Waals surface area contributed by atoms with Crippen LogP contribution >= 0.6 is 12.2 Å². The molecule has 2 aliphatic rings. The molecular weight excluding hydrogens is 490 g/mol. The van der Waals surface area contributed by atoms with Gasteiger partial charge in [-0.25, -0.2) is 4.39 Å². The predicted molar refractivity (Wildman–Crippen MR) is 120 cm³/mol. The summed E-state index contributed by atoms with van der Waals surface area (Å²) in [4.78, 5) is 15.5. The molecule has 1 amide bonds. The maximum absolute atomic E-state index is 14.9. The lowest BCUT2D eigenvalue weighted by molar-refractivity contribution is -0.137. The lowest BCUT2D eigenvalue weighted by Gasteiger charge is -2.29. The van der Waals surface area contributed by atoms with Crippen molar-refractivity contribution in [3.05, 3.63) is 53.3 Å². The van der Waals surface area contributed by atoms with Crippen molar-refractivity contribution in [1.82, 2.24) is 0 Å². The highest BCUT2D eigenvalue weighted by Crippen LogP contribution is 2.40. The summed E-state index contributed by atoms with van der Waals surface area (Å²) < 4.78 is 65.8. The Morgan fingerprint density at radius 1 is 1.20 bits per heavy atom. The number of aliphatic hydroxyl groups excluding tert-OH is 1. The molecule has 2 aliphatic heterocycles. The molecule has 2 saturated heterocycles. The van der Waals surface area contributed by atoms with Gasteiger partial charge in [-0.05, 0) is 56.4 Å². The Bertz CT molecular complexity index is 1240. The van der Waals surface area contributed by atoms with Gasteiger partial charge >= 0.3 is 6.18 Å². The zero-order valence-corrected chi connectivity index (χ0v) is 19.3. The molecule has 2 atom stereocenters. The number of aliphatic hydroxyl groups is 1. The molecule has 1 unspecified atom stereocenters. The largest absolute Gasteiger partial charge is 0.482 e. The van der Waals surface area contributed by atoms with Gasteiger partial charge in [0, 0.05) is 11.8 Å². The van der Waals surface area contributed by atoms with Gasteiger partial charge in [-0.15, -0.1) is 0 Å². The summed E-state index contributed by atoms with van der Waals surface area (Å²) in [5, 5.41) is 18.7. The molecule has 35 heavy (non-hydrogen) atoms. The van der Waals surface area contributed by atoms with Crippen molar-refractivity contribution in [1.29, 1.82) is 5.26 Å². The van der Waals surface area contributed by atoms with Crippen molar-refractivity contribution in [2.75, 3.05) is 23.0 Å². The van der Waals surface area contributed by atoms with Gasteiger partial charge in [0.1, 0.15) is 11.6 Å². The molecular formula is C23H19F4N3O4S. The van der Waals surface area contributed by atoms with Gasteiger partial charge in [0.15, 0.2) is 22.8 Å². The number of anilines is 2. The molecule has 2 aromatic rings. The maximum Gasteiger partial charge on any atom is 0.417 e. The maximum atomic E-state index is 14.9. The number of halogens is 4. The quantitative estimate of drug-likeness (QED) is 0.496. The van der Waals surface area contributed by atoms with E-state index in [-0.39, 0.29) is 35.5 Å². The van der Waals surface area contributed by atoms with Crippen LogP contribution in [-0.2, 0) is 15.7 Å². The summed E-state index contributed by atoms with van der Waals surface area (Å²) in [6.45, 7) is 3.18. The number of nitrogens with zero attached hydrogens (tertiary/aromatic N) is 3. The second-order valence-electron chi connectivity index (χ2n) is 8.53. The molecule has 1 N–H and O–H groups in total. The number of nitriles is 1. The predicted octanol–water partition coefficient (Wildman–Crippen LogP) is 3.77. The van der Waals surface area contributed by atoms with E-state index in [9.17, 15) is 27.5 Å². The normalized spacial score (nSPS) is 22.0. The number of rotatable bonds is 4. The van der Waals surface area contributed by atoms with E-state index in [0.717, 1.165) is 17.0 Å². The highest BCUT2D eigenvalue weighted by molar-refractivity contribution is 7.81. The Labute approximate surface area is 203 Å². The number of benzene rings is 2. The van der Waals surface area contributed by atoms with Crippen molar-refractivity contribution in [3.63, 3.8) is 0 Å². The minimum absolute atomic E-state index is 0.0734. The van der Waals surface area contributed by atoms with E-state index in [4.69, 9.17) is 27.0 Å². The summed E-state index contributed by atoms with van der Waals surface area (Å²) >= 11 is 5.44. The second kappa shape index (κ2) is 8.75. The number of thiocarbonyl (C=S) groups is 1. The number of alkyl halides is 3. The first-order chi connectivity index (χ1) is 16.4. The monoisotopic (exact) mass is 509 g/mol. The molecule has 0 saturated carbocycles. The Morgan fingerprint density at radius 2 is 1.89 bits per heavy atom. The average Bonchev–Trinajstić information content (AvgIpc) is 3.26. The van der Waals surface area contributed by atoms with Crippen molar-refractivity contribution in [2.45, 2.75) is 37.8 Å². The molecule has 0 spiro atoms. The van der Waals surface area contributed by atoms with Crippen LogP contribution in [0.2, 0.25) is 0 Å². The lowest BCUT2D eigenvalue weighted by Crippen LogP contribution is -2.44.